The van der Waals surface area contributed by atoms with Crippen LogP contribution in [-0.4, -0.2) is 5.54 Å². The lowest BCUT2D eigenvalue weighted by Crippen LogP contribution is -2.61. The zero-order valence-electron chi connectivity index (χ0n) is 9.96. The highest BCUT2D eigenvalue weighted by Crippen LogP contribution is 2.63. The first-order valence-electron chi connectivity index (χ1n) is 6.30. The van der Waals surface area contributed by atoms with Gasteiger partial charge in [0.1, 0.15) is 0 Å². The number of hydrogen-bond acceptors (Lipinski definition) is 1. The molecular weight excluding hydrogens is 206 g/mol. The van der Waals surface area contributed by atoms with E-state index in [1.807, 2.05) is 0 Å². The van der Waals surface area contributed by atoms with Crippen LogP contribution in [0.25, 0.3) is 0 Å². The van der Waals surface area contributed by atoms with Crippen molar-refractivity contribution >= 4 is 12.4 Å². The van der Waals surface area contributed by atoms with Crippen LogP contribution in [0.2, 0.25) is 0 Å². The van der Waals surface area contributed by atoms with Crippen molar-refractivity contribution in [3.05, 3.63) is 0 Å². The molecule has 4 saturated carbocycles. The van der Waals surface area contributed by atoms with Gasteiger partial charge >= 0.3 is 0 Å². The van der Waals surface area contributed by atoms with E-state index in [2.05, 4.69) is 13.8 Å². The first-order valence-corrected chi connectivity index (χ1v) is 6.30. The van der Waals surface area contributed by atoms with Gasteiger partial charge in [0, 0.05) is 5.54 Å². The summed E-state index contributed by atoms with van der Waals surface area (Å²) >= 11 is 0. The average molecular weight is 230 g/mol. The number of nitrogens with two attached hydrogens (primary N) is 1. The summed E-state index contributed by atoms with van der Waals surface area (Å²) in [5.74, 6) is 2.80. The lowest BCUT2D eigenvalue weighted by Gasteiger charge is -2.62. The topological polar surface area (TPSA) is 26.0 Å². The summed E-state index contributed by atoms with van der Waals surface area (Å²) in [6.45, 7) is 4.83. The van der Waals surface area contributed by atoms with Gasteiger partial charge in [0.05, 0.1) is 0 Å². The molecule has 4 bridgehead atoms. The summed E-state index contributed by atoms with van der Waals surface area (Å²) in [5, 5.41) is 0. The van der Waals surface area contributed by atoms with E-state index in [9.17, 15) is 0 Å². The van der Waals surface area contributed by atoms with Gasteiger partial charge in [0.2, 0.25) is 0 Å². The SMILES string of the molecule is CC(C)C12CC3CC(CC(N)(C3)C1)C2.Cl. The molecule has 88 valence electrons. The Kier molecular flexibility index (Phi) is 2.63. The molecule has 1 nitrogen and oxygen atoms in total. The average Bonchev–Trinajstić information content (AvgIpc) is 1.98. The van der Waals surface area contributed by atoms with Crippen LogP contribution < -0.4 is 5.73 Å². The third kappa shape index (κ3) is 1.63. The van der Waals surface area contributed by atoms with Gasteiger partial charge in [-0.25, -0.2) is 0 Å². The van der Waals surface area contributed by atoms with Crippen LogP contribution in [0.5, 0.6) is 0 Å². The molecule has 2 unspecified atom stereocenters. The lowest BCUT2D eigenvalue weighted by atomic mass is 9.44. The van der Waals surface area contributed by atoms with Crippen molar-refractivity contribution in [1.82, 2.24) is 0 Å². The van der Waals surface area contributed by atoms with Gasteiger partial charge in [-0.3, -0.25) is 0 Å². The molecule has 0 aromatic heterocycles. The Morgan fingerprint density at radius 1 is 1.07 bits per heavy atom. The van der Waals surface area contributed by atoms with Gasteiger partial charge in [-0.1, -0.05) is 13.8 Å². The molecule has 2 heteroatoms. The van der Waals surface area contributed by atoms with Crippen molar-refractivity contribution < 1.29 is 0 Å². The molecule has 2 N–H and O–H groups in total. The number of hydrogen-bond donors (Lipinski definition) is 1. The van der Waals surface area contributed by atoms with E-state index < -0.39 is 0 Å². The fourth-order valence-electron chi connectivity index (χ4n) is 5.08. The van der Waals surface area contributed by atoms with Crippen LogP contribution in [0.15, 0.2) is 0 Å². The van der Waals surface area contributed by atoms with Crippen molar-refractivity contribution in [3.8, 4) is 0 Å². The van der Waals surface area contributed by atoms with Crippen LogP contribution in [-0.2, 0) is 0 Å². The van der Waals surface area contributed by atoms with Crippen molar-refractivity contribution in [3.63, 3.8) is 0 Å². The Morgan fingerprint density at radius 2 is 1.60 bits per heavy atom. The van der Waals surface area contributed by atoms with Gasteiger partial charge in [-0.15, -0.1) is 12.4 Å². The van der Waals surface area contributed by atoms with E-state index >= 15 is 0 Å². The van der Waals surface area contributed by atoms with Crippen molar-refractivity contribution in [2.45, 2.75) is 57.9 Å². The Labute approximate surface area is 99.6 Å². The first-order chi connectivity index (χ1) is 6.51. The first kappa shape index (κ1) is 11.7. The van der Waals surface area contributed by atoms with E-state index in [1.165, 1.54) is 38.5 Å². The van der Waals surface area contributed by atoms with E-state index in [0.29, 0.717) is 5.41 Å². The molecule has 4 aliphatic carbocycles. The molecule has 0 aromatic carbocycles. The third-order valence-corrected chi connectivity index (χ3v) is 5.38. The fraction of sp³-hybridized carbons (Fsp3) is 1.00. The summed E-state index contributed by atoms with van der Waals surface area (Å²) in [6, 6.07) is 0. The quantitative estimate of drug-likeness (QED) is 0.733. The summed E-state index contributed by atoms with van der Waals surface area (Å²) in [7, 11) is 0. The Bertz CT molecular complexity index is 247. The summed E-state index contributed by atoms with van der Waals surface area (Å²) in [5.41, 5.74) is 7.43. The molecule has 0 aromatic rings. The maximum atomic E-state index is 6.54. The molecule has 0 heterocycles. The molecular formula is C13H24ClN. The van der Waals surface area contributed by atoms with Crippen LogP contribution in [0.1, 0.15) is 52.4 Å². The Balaban J connectivity index is 0.000000853. The molecule has 4 aliphatic rings. The van der Waals surface area contributed by atoms with Crippen molar-refractivity contribution in [2.75, 3.05) is 0 Å². The Morgan fingerprint density at radius 3 is 2.00 bits per heavy atom. The zero-order chi connectivity index (χ0) is 9.97. The van der Waals surface area contributed by atoms with Crippen LogP contribution in [0.3, 0.4) is 0 Å². The van der Waals surface area contributed by atoms with Gasteiger partial charge in [-0.2, -0.15) is 0 Å². The maximum Gasteiger partial charge on any atom is 0.0165 e. The van der Waals surface area contributed by atoms with E-state index in [0.717, 1.165) is 17.8 Å². The second-order valence-corrected chi connectivity index (χ2v) is 6.84. The summed E-state index contributed by atoms with van der Waals surface area (Å²) < 4.78 is 0. The second kappa shape index (κ2) is 3.37. The smallest absolute Gasteiger partial charge is 0.0165 e. The highest BCUT2D eigenvalue weighted by molar-refractivity contribution is 5.85. The molecule has 0 saturated heterocycles. The zero-order valence-corrected chi connectivity index (χ0v) is 10.8. The third-order valence-electron chi connectivity index (χ3n) is 5.38. The molecule has 4 rings (SSSR count). The molecule has 15 heavy (non-hydrogen) atoms. The predicted molar refractivity (Wildman–Crippen MR) is 66.1 cm³/mol. The lowest BCUT2D eigenvalue weighted by molar-refractivity contribution is -0.0913. The van der Waals surface area contributed by atoms with Crippen molar-refractivity contribution in [1.29, 1.82) is 0 Å². The van der Waals surface area contributed by atoms with E-state index in [1.54, 1.807) is 0 Å². The van der Waals surface area contributed by atoms with E-state index in [-0.39, 0.29) is 17.9 Å². The molecule has 0 spiro atoms. The Hall–Kier alpha value is 0.250. The standard InChI is InChI=1S/C13H23N.ClH/c1-9(2)12-4-10-3-11(5-12)7-13(14,6-10)8-12;/h9-11H,3-8,14H2,1-2H3;1H. The summed E-state index contributed by atoms with van der Waals surface area (Å²) in [6.07, 6.45) is 8.45. The number of rotatable bonds is 1. The van der Waals surface area contributed by atoms with E-state index in [4.69, 9.17) is 5.73 Å². The molecule has 0 aliphatic heterocycles. The number of halogens is 1. The van der Waals surface area contributed by atoms with Gasteiger partial charge in [0.25, 0.3) is 0 Å². The maximum absolute atomic E-state index is 6.54. The second-order valence-electron chi connectivity index (χ2n) is 6.84. The predicted octanol–water partition coefficient (Wildman–Crippen LogP) is 3.36. The minimum atomic E-state index is 0. The molecule has 0 radical (unpaired) electrons. The molecule has 2 atom stereocenters. The minimum Gasteiger partial charge on any atom is -0.325 e. The highest BCUT2D eigenvalue weighted by atomic mass is 35.5. The largest absolute Gasteiger partial charge is 0.325 e. The van der Waals surface area contributed by atoms with Crippen molar-refractivity contribution in [2.24, 2.45) is 28.9 Å². The monoisotopic (exact) mass is 229 g/mol. The van der Waals surface area contributed by atoms with Gasteiger partial charge in [-0.05, 0) is 61.7 Å². The normalized spacial score (nSPS) is 52.0. The summed E-state index contributed by atoms with van der Waals surface area (Å²) in [4.78, 5) is 0. The van der Waals surface area contributed by atoms with Crippen LogP contribution >= 0.6 is 12.4 Å². The molecule has 4 fully saturated rings. The van der Waals surface area contributed by atoms with Gasteiger partial charge in [0.15, 0.2) is 0 Å². The van der Waals surface area contributed by atoms with Gasteiger partial charge < -0.3 is 5.73 Å². The highest BCUT2D eigenvalue weighted by Gasteiger charge is 2.56. The van der Waals surface area contributed by atoms with Crippen LogP contribution in [0, 0.1) is 23.2 Å². The minimum absolute atomic E-state index is 0. The fourth-order valence-corrected chi connectivity index (χ4v) is 5.08. The van der Waals surface area contributed by atoms with Crippen LogP contribution in [0.4, 0.5) is 0 Å². The molecule has 0 amide bonds.